The zero-order valence-electron chi connectivity index (χ0n) is 16.3. The number of hydrogen-bond donors (Lipinski definition) is 1. The Kier molecular flexibility index (Phi) is 4.30. The Hall–Kier alpha value is -2.65. The summed E-state index contributed by atoms with van der Waals surface area (Å²) >= 11 is 6.30. The van der Waals surface area contributed by atoms with Gasteiger partial charge in [-0.15, -0.1) is 0 Å². The van der Waals surface area contributed by atoms with Gasteiger partial charge in [0.15, 0.2) is 9.84 Å². The Morgan fingerprint density at radius 1 is 1.20 bits per heavy atom. The van der Waals surface area contributed by atoms with Crippen LogP contribution in [-0.4, -0.2) is 65.6 Å². The molecule has 1 amide bonds. The standard InChI is InChI=1S/C20H20ClN5O3S/c1-30(28,29)13-2-3-14(16(21)10-13)19(27)26-9-8-25(11-20(26)5-6-20)18-15-4-7-22-17(15)23-12-24-18/h2-4,7,10,12H,5-6,8-9,11H2,1H3,(H,22,23,24). The third kappa shape index (κ3) is 3.13. The third-order valence-corrected chi connectivity index (χ3v) is 7.38. The molecule has 0 atom stereocenters. The molecule has 156 valence electrons. The highest BCUT2D eigenvalue weighted by Gasteiger charge is 2.53. The van der Waals surface area contributed by atoms with Crippen LogP contribution in [0.5, 0.6) is 0 Å². The lowest BCUT2D eigenvalue weighted by Gasteiger charge is -2.43. The van der Waals surface area contributed by atoms with Gasteiger partial charge < -0.3 is 14.8 Å². The monoisotopic (exact) mass is 445 g/mol. The molecule has 1 aliphatic heterocycles. The van der Waals surface area contributed by atoms with Gasteiger partial charge >= 0.3 is 0 Å². The van der Waals surface area contributed by atoms with Crippen molar-refractivity contribution in [1.82, 2.24) is 19.9 Å². The van der Waals surface area contributed by atoms with E-state index < -0.39 is 9.84 Å². The molecule has 1 spiro atoms. The number of nitrogens with zero attached hydrogens (tertiary/aromatic N) is 4. The molecule has 3 aromatic rings. The lowest BCUT2D eigenvalue weighted by atomic mass is 10.1. The Morgan fingerprint density at radius 2 is 2.00 bits per heavy atom. The molecule has 10 heteroatoms. The number of halogens is 1. The topological polar surface area (TPSA) is 99.3 Å². The highest BCUT2D eigenvalue weighted by molar-refractivity contribution is 7.90. The molecule has 30 heavy (non-hydrogen) atoms. The van der Waals surface area contributed by atoms with Crippen LogP contribution >= 0.6 is 11.6 Å². The molecule has 8 nitrogen and oxygen atoms in total. The number of rotatable bonds is 3. The number of carbonyl (C=O) groups is 1. The van der Waals surface area contributed by atoms with Crippen LogP contribution in [0.1, 0.15) is 23.2 Å². The first-order chi connectivity index (χ1) is 14.3. The average Bonchev–Trinajstić information content (AvgIpc) is 3.28. The van der Waals surface area contributed by atoms with Gasteiger partial charge in [0.1, 0.15) is 17.8 Å². The number of aromatic nitrogens is 3. The molecule has 1 saturated carbocycles. The fraction of sp³-hybridized carbons (Fsp3) is 0.350. The summed E-state index contributed by atoms with van der Waals surface area (Å²) < 4.78 is 23.5. The first kappa shape index (κ1) is 19.3. The molecule has 5 rings (SSSR count). The van der Waals surface area contributed by atoms with Crippen LogP contribution in [0.15, 0.2) is 41.7 Å². The molecule has 3 heterocycles. The van der Waals surface area contributed by atoms with Crippen molar-refractivity contribution in [2.24, 2.45) is 0 Å². The van der Waals surface area contributed by atoms with Gasteiger partial charge in [-0.2, -0.15) is 0 Å². The van der Waals surface area contributed by atoms with Gasteiger partial charge in [-0.25, -0.2) is 18.4 Å². The minimum Gasteiger partial charge on any atom is -0.352 e. The number of fused-ring (bicyclic) bond motifs is 1. The van der Waals surface area contributed by atoms with E-state index in [1.807, 2.05) is 17.2 Å². The molecule has 0 radical (unpaired) electrons. The van der Waals surface area contributed by atoms with E-state index in [-0.39, 0.29) is 21.4 Å². The number of piperazine rings is 1. The van der Waals surface area contributed by atoms with E-state index in [2.05, 4.69) is 19.9 Å². The molecular formula is C20H20ClN5O3S. The quantitative estimate of drug-likeness (QED) is 0.665. The van der Waals surface area contributed by atoms with E-state index in [9.17, 15) is 13.2 Å². The van der Waals surface area contributed by atoms with E-state index in [0.29, 0.717) is 25.2 Å². The van der Waals surface area contributed by atoms with Crippen molar-refractivity contribution < 1.29 is 13.2 Å². The smallest absolute Gasteiger partial charge is 0.255 e. The number of aromatic amines is 1. The predicted molar refractivity (Wildman–Crippen MR) is 114 cm³/mol. The highest BCUT2D eigenvalue weighted by Crippen LogP contribution is 2.46. The Labute approximate surface area is 178 Å². The fourth-order valence-electron chi connectivity index (χ4n) is 4.20. The third-order valence-electron chi connectivity index (χ3n) is 5.96. The molecular weight excluding hydrogens is 426 g/mol. The van der Waals surface area contributed by atoms with Gasteiger partial charge in [0.05, 0.1) is 26.4 Å². The summed E-state index contributed by atoms with van der Waals surface area (Å²) in [5.74, 6) is 0.710. The first-order valence-electron chi connectivity index (χ1n) is 9.63. The molecule has 2 aromatic heterocycles. The van der Waals surface area contributed by atoms with E-state index in [1.165, 1.54) is 18.2 Å². The molecule has 1 aliphatic carbocycles. The SMILES string of the molecule is CS(=O)(=O)c1ccc(C(=O)N2CCN(c3ncnc4[nH]ccc34)CC23CC3)c(Cl)c1. The van der Waals surface area contributed by atoms with E-state index in [0.717, 1.165) is 35.9 Å². The van der Waals surface area contributed by atoms with Gasteiger partial charge in [0.25, 0.3) is 5.91 Å². The second-order valence-electron chi connectivity index (χ2n) is 7.95. The van der Waals surface area contributed by atoms with E-state index >= 15 is 0 Å². The van der Waals surface area contributed by atoms with Crippen molar-refractivity contribution in [3.63, 3.8) is 0 Å². The summed E-state index contributed by atoms with van der Waals surface area (Å²) in [6.45, 7) is 1.87. The molecule has 1 saturated heterocycles. The maximum Gasteiger partial charge on any atom is 0.255 e. The van der Waals surface area contributed by atoms with Gasteiger partial charge in [-0.05, 0) is 37.1 Å². The molecule has 1 aromatic carbocycles. The van der Waals surface area contributed by atoms with Crippen LogP contribution in [0.4, 0.5) is 5.82 Å². The minimum absolute atomic E-state index is 0.106. The zero-order valence-corrected chi connectivity index (χ0v) is 17.9. The summed E-state index contributed by atoms with van der Waals surface area (Å²) in [6, 6.07) is 6.26. The number of nitrogens with one attached hydrogen (secondary N) is 1. The number of hydrogen-bond acceptors (Lipinski definition) is 6. The van der Waals surface area contributed by atoms with Gasteiger partial charge in [0.2, 0.25) is 0 Å². The lowest BCUT2D eigenvalue weighted by molar-refractivity contribution is 0.0624. The van der Waals surface area contributed by atoms with Crippen molar-refractivity contribution in [3.05, 3.63) is 47.4 Å². The van der Waals surface area contributed by atoms with Crippen molar-refractivity contribution in [1.29, 1.82) is 0 Å². The number of H-pyrrole nitrogens is 1. The molecule has 1 N–H and O–H groups in total. The van der Waals surface area contributed by atoms with Crippen molar-refractivity contribution in [2.75, 3.05) is 30.8 Å². The predicted octanol–water partition coefficient (Wildman–Crippen LogP) is 2.51. The first-order valence-corrected chi connectivity index (χ1v) is 11.9. The van der Waals surface area contributed by atoms with Crippen LogP contribution in [0.3, 0.4) is 0 Å². The van der Waals surface area contributed by atoms with Crippen molar-refractivity contribution >= 4 is 44.2 Å². The van der Waals surface area contributed by atoms with E-state index in [4.69, 9.17) is 11.6 Å². The number of benzene rings is 1. The van der Waals surface area contributed by atoms with Crippen molar-refractivity contribution in [2.45, 2.75) is 23.3 Å². The maximum atomic E-state index is 13.3. The van der Waals surface area contributed by atoms with Gasteiger partial charge in [-0.1, -0.05) is 11.6 Å². The maximum absolute atomic E-state index is 13.3. The Balaban J connectivity index is 1.42. The fourth-order valence-corrected chi connectivity index (χ4v) is 5.18. The largest absolute Gasteiger partial charge is 0.352 e. The van der Waals surface area contributed by atoms with Crippen LogP contribution in [-0.2, 0) is 9.84 Å². The number of anilines is 1. The summed E-state index contributed by atoms with van der Waals surface area (Å²) in [7, 11) is -3.38. The summed E-state index contributed by atoms with van der Waals surface area (Å²) in [4.78, 5) is 29.3. The molecule has 0 unspecified atom stereocenters. The van der Waals surface area contributed by atoms with Gasteiger partial charge in [-0.3, -0.25) is 4.79 Å². The summed E-state index contributed by atoms with van der Waals surface area (Å²) in [5, 5.41) is 1.12. The summed E-state index contributed by atoms with van der Waals surface area (Å²) in [5.41, 5.74) is 0.877. The molecule has 2 fully saturated rings. The lowest BCUT2D eigenvalue weighted by Crippen LogP contribution is -2.57. The second kappa shape index (κ2) is 6.68. The molecule has 0 bridgehead atoms. The Bertz CT molecular complexity index is 1270. The van der Waals surface area contributed by atoms with E-state index in [1.54, 1.807) is 6.33 Å². The van der Waals surface area contributed by atoms with Crippen molar-refractivity contribution in [3.8, 4) is 0 Å². The number of sulfone groups is 1. The zero-order chi connectivity index (χ0) is 21.1. The normalized spacial score (nSPS) is 18.2. The summed E-state index contributed by atoms with van der Waals surface area (Å²) in [6.07, 6.45) is 6.34. The van der Waals surface area contributed by atoms with Crippen LogP contribution < -0.4 is 4.90 Å². The van der Waals surface area contributed by atoms with Crippen LogP contribution in [0.25, 0.3) is 11.0 Å². The molecule has 2 aliphatic rings. The van der Waals surface area contributed by atoms with Crippen LogP contribution in [0.2, 0.25) is 5.02 Å². The number of carbonyl (C=O) groups excluding carboxylic acids is 1. The minimum atomic E-state index is -3.38. The van der Waals surface area contributed by atoms with Crippen LogP contribution in [0, 0.1) is 0 Å². The average molecular weight is 446 g/mol. The van der Waals surface area contributed by atoms with Gasteiger partial charge in [0, 0.05) is 32.1 Å². The number of amides is 1. The highest BCUT2D eigenvalue weighted by atomic mass is 35.5. The second-order valence-corrected chi connectivity index (χ2v) is 10.4. The Morgan fingerprint density at radius 3 is 2.70 bits per heavy atom.